The fourth-order valence-electron chi connectivity index (χ4n) is 6.38. The highest BCUT2D eigenvalue weighted by molar-refractivity contribution is 7.99. The minimum Gasteiger partial charge on any atom is -0.332 e. The van der Waals surface area contributed by atoms with Gasteiger partial charge in [0.25, 0.3) is 5.56 Å². The molecule has 4 saturated carbocycles. The van der Waals surface area contributed by atoms with Crippen LogP contribution in [0.15, 0.2) is 46.9 Å². The number of hydrogen-bond donors (Lipinski definition) is 2. The van der Waals surface area contributed by atoms with E-state index >= 15 is 0 Å². The summed E-state index contributed by atoms with van der Waals surface area (Å²) in [6, 6.07) is 6.72. The number of aromatic nitrogens is 2. The number of urea groups is 1. The van der Waals surface area contributed by atoms with Gasteiger partial charge < -0.3 is 5.32 Å². The van der Waals surface area contributed by atoms with Gasteiger partial charge in [0, 0.05) is 12.1 Å². The molecule has 1 heterocycles. The van der Waals surface area contributed by atoms with Crippen molar-refractivity contribution in [3.63, 3.8) is 0 Å². The van der Waals surface area contributed by atoms with E-state index in [0.29, 0.717) is 40.4 Å². The molecular weight excluding hydrogens is 424 g/mol. The van der Waals surface area contributed by atoms with Gasteiger partial charge in [-0.15, -0.1) is 6.58 Å². The Morgan fingerprint density at radius 1 is 1.16 bits per heavy atom. The number of carbonyl (C=O) groups excluding carboxylic acids is 2. The van der Waals surface area contributed by atoms with Crippen molar-refractivity contribution in [3.8, 4) is 0 Å². The molecule has 4 bridgehead atoms. The molecule has 6 rings (SSSR count). The average molecular weight is 453 g/mol. The molecule has 4 aliphatic carbocycles. The second-order valence-corrected chi connectivity index (χ2v) is 10.5. The van der Waals surface area contributed by atoms with Gasteiger partial charge in [0.05, 0.1) is 16.7 Å². The molecule has 1 aromatic heterocycles. The molecule has 0 unspecified atom stereocenters. The second kappa shape index (κ2) is 8.39. The average Bonchev–Trinajstić information content (AvgIpc) is 2.73. The lowest BCUT2D eigenvalue weighted by molar-refractivity contribution is -0.117. The van der Waals surface area contributed by atoms with Gasteiger partial charge in [-0.05, 0) is 68.4 Å². The third-order valence-corrected chi connectivity index (χ3v) is 8.12. The highest BCUT2D eigenvalue weighted by atomic mass is 32.2. The molecule has 7 nitrogen and oxygen atoms in total. The summed E-state index contributed by atoms with van der Waals surface area (Å²) in [6.07, 6.45) is 8.61. The van der Waals surface area contributed by atoms with Gasteiger partial charge in [-0.1, -0.05) is 30.0 Å². The van der Waals surface area contributed by atoms with E-state index < -0.39 is 11.9 Å². The van der Waals surface area contributed by atoms with Crippen molar-refractivity contribution in [1.82, 2.24) is 20.2 Å². The summed E-state index contributed by atoms with van der Waals surface area (Å²) >= 11 is 1.15. The lowest BCUT2D eigenvalue weighted by Crippen LogP contribution is -2.61. The van der Waals surface area contributed by atoms with Crippen LogP contribution in [-0.2, 0) is 11.3 Å². The molecule has 4 aliphatic rings. The molecule has 3 amide bonds. The van der Waals surface area contributed by atoms with Gasteiger partial charge in [-0.2, -0.15) is 0 Å². The largest absolute Gasteiger partial charge is 0.332 e. The Bertz CT molecular complexity index is 1110. The van der Waals surface area contributed by atoms with Crippen LogP contribution in [0.2, 0.25) is 0 Å². The summed E-state index contributed by atoms with van der Waals surface area (Å²) in [4.78, 5) is 42.5. The van der Waals surface area contributed by atoms with E-state index in [0.717, 1.165) is 31.0 Å². The first kappa shape index (κ1) is 21.2. The lowest BCUT2D eigenvalue weighted by Gasteiger charge is -2.56. The highest BCUT2D eigenvalue weighted by Crippen LogP contribution is 2.55. The first-order chi connectivity index (χ1) is 15.4. The van der Waals surface area contributed by atoms with E-state index in [2.05, 4.69) is 22.2 Å². The quantitative estimate of drug-likeness (QED) is 0.398. The SMILES string of the molecule is C=CCn1c(SCC(=O)NC(=O)NC23CC4CC(CC(C4)C2)C3)nc2ccccc2c1=O. The topological polar surface area (TPSA) is 93.1 Å². The monoisotopic (exact) mass is 452 g/mol. The number of allylic oxidation sites excluding steroid dienone is 1. The molecule has 4 fully saturated rings. The van der Waals surface area contributed by atoms with Gasteiger partial charge in [0.15, 0.2) is 5.16 Å². The molecule has 2 N–H and O–H groups in total. The minimum atomic E-state index is -0.410. The Labute approximate surface area is 191 Å². The number of nitrogens with zero attached hydrogens (tertiary/aromatic N) is 2. The molecular formula is C24H28N4O3S. The standard InChI is InChI=1S/C24H28N4O3S/c1-2-7-28-21(30)18-5-3-4-6-19(18)25-23(28)32-14-20(29)26-22(31)27-24-11-15-8-16(12-24)10-17(9-15)13-24/h2-6,15-17H,1,7-14H2,(H2,26,27,29,31). The van der Waals surface area contributed by atoms with E-state index in [1.165, 1.54) is 23.8 Å². The second-order valence-electron chi connectivity index (χ2n) is 9.60. The molecule has 2 aromatic rings. The van der Waals surface area contributed by atoms with Crippen LogP contribution in [0.5, 0.6) is 0 Å². The summed E-state index contributed by atoms with van der Waals surface area (Å²) in [5.41, 5.74) is 0.273. The van der Waals surface area contributed by atoms with Crippen LogP contribution in [0.3, 0.4) is 0 Å². The smallest absolute Gasteiger partial charge is 0.321 e. The summed E-state index contributed by atoms with van der Waals surface area (Å²) in [5.74, 6) is 1.75. The zero-order chi connectivity index (χ0) is 22.3. The Morgan fingerprint density at radius 3 is 2.47 bits per heavy atom. The van der Waals surface area contributed by atoms with E-state index in [-0.39, 0.29) is 16.9 Å². The van der Waals surface area contributed by atoms with Crippen molar-refractivity contribution in [1.29, 1.82) is 0 Å². The van der Waals surface area contributed by atoms with Crippen LogP contribution < -0.4 is 16.2 Å². The predicted octanol–water partition coefficient (Wildman–Crippen LogP) is 3.47. The van der Waals surface area contributed by atoms with Crippen molar-refractivity contribution in [2.75, 3.05) is 5.75 Å². The molecule has 32 heavy (non-hydrogen) atoms. The number of nitrogens with one attached hydrogen (secondary N) is 2. The van der Waals surface area contributed by atoms with Crippen LogP contribution >= 0.6 is 11.8 Å². The molecule has 1 aromatic carbocycles. The molecule has 0 spiro atoms. The molecule has 0 aliphatic heterocycles. The van der Waals surface area contributed by atoms with Gasteiger partial charge in [-0.25, -0.2) is 9.78 Å². The first-order valence-corrected chi connectivity index (χ1v) is 12.3. The molecule has 0 saturated heterocycles. The van der Waals surface area contributed by atoms with E-state index in [9.17, 15) is 14.4 Å². The number of imide groups is 1. The van der Waals surface area contributed by atoms with Crippen LogP contribution in [-0.4, -0.2) is 32.8 Å². The third-order valence-electron chi connectivity index (χ3n) is 7.14. The third kappa shape index (κ3) is 4.08. The van der Waals surface area contributed by atoms with Crippen molar-refractivity contribution in [2.24, 2.45) is 17.8 Å². The summed E-state index contributed by atoms with van der Waals surface area (Å²) in [6.45, 7) is 4.01. The normalized spacial score (nSPS) is 27.9. The van der Waals surface area contributed by atoms with E-state index in [1.54, 1.807) is 24.3 Å². The zero-order valence-electron chi connectivity index (χ0n) is 18.0. The first-order valence-electron chi connectivity index (χ1n) is 11.3. The van der Waals surface area contributed by atoms with E-state index in [1.807, 2.05) is 6.07 Å². The maximum atomic E-state index is 12.8. The Hall–Kier alpha value is -2.61. The van der Waals surface area contributed by atoms with Crippen molar-refractivity contribution >= 4 is 34.6 Å². The van der Waals surface area contributed by atoms with Crippen LogP contribution in [0.4, 0.5) is 4.79 Å². The number of benzene rings is 1. The highest BCUT2D eigenvalue weighted by Gasteiger charge is 2.51. The van der Waals surface area contributed by atoms with Crippen molar-refractivity contribution in [3.05, 3.63) is 47.3 Å². The summed E-state index contributed by atoms with van der Waals surface area (Å²) in [5, 5.41) is 6.60. The Kier molecular flexibility index (Phi) is 5.57. The fourth-order valence-corrected chi connectivity index (χ4v) is 7.19. The molecule has 8 heteroatoms. The lowest BCUT2D eigenvalue weighted by atomic mass is 9.53. The minimum absolute atomic E-state index is 0.00375. The molecule has 168 valence electrons. The van der Waals surface area contributed by atoms with Crippen LogP contribution in [0.1, 0.15) is 38.5 Å². The Morgan fingerprint density at radius 2 is 1.81 bits per heavy atom. The predicted molar refractivity (Wildman–Crippen MR) is 125 cm³/mol. The molecule has 0 radical (unpaired) electrons. The number of thioether (sulfide) groups is 1. The number of para-hydroxylation sites is 1. The number of amides is 3. The number of carbonyl (C=O) groups is 2. The Balaban J connectivity index is 1.23. The number of rotatable bonds is 6. The van der Waals surface area contributed by atoms with Crippen molar-refractivity contribution in [2.45, 2.75) is 55.8 Å². The maximum Gasteiger partial charge on any atom is 0.321 e. The zero-order valence-corrected chi connectivity index (χ0v) is 18.8. The van der Waals surface area contributed by atoms with Crippen LogP contribution in [0.25, 0.3) is 10.9 Å². The molecule has 0 atom stereocenters. The van der Waals surface area contributed by atoms with E-state index in [4.69, 9.17) is 0 Å². The van der Waals surface area contributed by atoms with Gasteiger partial charge >= 0.3 is 6.03 Å². The fraction of sp³-hybridized carbons (Fsp3) is 0.500. The van der Waals surface area contributed by atoms with Crippen molar-refractivity contribution < 1.29 is 9.59 Å². The van der Waals surface area contributed by atoms with Crippen LogP contribution in [0, 0.1) is 17.8 Å². The summed E-state index contributed by atoms with van der Waals surface area (Å²) in [7, 11) is 0. The maximum absolute atomic E-state index is 12.8. The summed E-state index contributed by atoms with van der Waals surface area (Å²) < 4.78 is 1.50. The van der Waals surface area contributed by atoms with Gasteiger partial charge in [0.1, 0.15) is 0 Å². The van der Waals surface area contributed by atoms with Gasteiger partial charge in [0.2, 0.25) is 5.91 Å². The number of hydrogen-bond acceptors (Lipinski definition) is 5. The van der Waals surface area contributed by atoms with Gasteiger partial charge in [-0.3, -0.25) is 19.5 Å². The number of fused-ring (bicyclic) bond motifs is 1.